The Morgan fingerprint density at radius 2 is 2.05 bits per heavy atom. The Morgan fingerprint density at radius 1 is 1.37 bits per heavy atom. The van der Waals surface area contributed by atoms with Crippen molar-refractivity contribution in [2.75, 3.05) is 24.5 Å². The number of nitrogens with one attached hydrogen (secondary N) is 1. The molecule has 0 spiro atoms. The Labute approximate surface area is 124 Å². The zero-order chi connectivity index (χ0) is 13.9. The molecule has 0 bridgehead atoms. The van der Waals surface area contributed by atoms with Gasteiger partial charge in [0.15, 0.2) is 0 Å². The molecule has 1 fully saturated rings. The number of anilines is 1. The summed E-state index contributed by atoms with van der Waals surface area (Å²) in [5.74, 6) is 0. The lowest BCUT2D eigenvalue weighted by Gasteiger charge is -2.37. The van der Waals surface area contributed by atoms with Gasteiger partial charge in [0.2, 0.25) is 0 Å². The van der Waals surface area contributed by atoms with E-state index < -0.39 is 5.60 Å². The van der Waals surface area contributed by atoms with Gasteiger partial charge in [0, 0.05) is 24.1 Å². The third-order valence-electron chi connectivity index (χ3n) is 3.77. The second-order valence-electron chi connectivity index (χ2n) is 5.55. The van der Waals surface area contributed by atoms with Gasteiger partial charge in [-0.25, -0.2) is 0 Å². The summed E-state index contributed by atoms with van der Waals surface area (Å²) >= 11 is 3.67. The van der Waals surface area contributed by atoms with Gasteiger partial charge >= 0.3 is 0 Å². The van der Waals surface area contributed by atoms with Crippen LogP contribution in [0, 0.1) is 0 Å². The van der Waals surface area contributed by atoms with Crippen LogP contribution in [0.3, 0.4) is 0 Å². The number of aliphatic hydroxyl groups is 1. The fraction of sp³-hybridized carbons (Fsp3) is 0.600. The molecule has 1 aromatic carbocycles. The standard InChI is InChI=1S/C15H23BrN2O/c1-3-17-11-12-4-5-14(13(16)10-12)18-8-6-15(2,19)7-9-18/h4-5,10,17,19H,3,6-9,11H2,1-2H3. The number of piperidine rings is 1. The average molecular weight is 327 g/mol. The van der Waals surface area contributed by atoms with Gasteiger partial charge in [-0.2, -0.15) is 0 Å². The maximum absolute atomic E-state index is 10.0. The summed E-state index contributed by atoms with van der Waals surface area (Å²) in [7, 11) is 0. The monoisotopic (exact) mass is 326 g/mol. The predicted octanol–water partition coefficient (Wildman–Crippen LogP) is 2.91. The lowest BCUT2D eigenvalue weighted by atomic mass is 9.93. The lowest BCUT2D eigenvalue weighted by Crippen LogP contribution is -2.42. The van der Waals surface area contributed by atoms with Gasteiger partial charge in [-0.05, 0) is 59.9 Å². The zero-order valence-electron chi connectivity index (χ0n) is 11.7. The van der Waals surface area contributed by atoms with Crippen LogP contribution >= 0.6 is 15.9 Å². The minimum atomic E-state index is -0.492. The Kier molecular flexibility index (Phi) is 4.87. The number of hydrogen-bond donors (Lipinski definition) is 2. The smallest absolute Gasteiger partial charge is 0.0653 e. The molecule has 0 saturated carbocycles. The van der Waals surface area contributed by atoms with E-state index in [2.05, 4.69) is 51.3 Å². The Hall–Kier alpha value is -0.580. The van der Waals surface area contributed by atoms with Gasteiger partial charge in [-0.3, -0.25) is 0 Å². The first-order chi connectivity index (χ1) is 9.02. The largest absolute Gasteiger partial charge is 0.390 e. The summed E-state index contributed by atoms with van der Waals surface area (Å²) in [6.07, 6.45) is 1.66. The molecule has 3 nitrogen and oxygen atoms in total. The highest BCUT2D eigenvalue weighted by molar-refractivity contribution is 9.10. The third-order valence-corrected chi connectivity index (χ3v) is 4.41. The van der Waals surface area contributed by atoms with E-state index in [0.29, 0.717) is 0 Å². The number of hydrogen-bond acceptors (Lipinski definition) is 3. The Bertz CT molecular complexity index is 424. The molecule has 2 N–H and O–H groups in total. The molecule has 1 saturated heterocycles. The first-order valence-electron chi connectivity index (χ1n) is 6.98. The van der Waals surface area contributed by atoms with E-state index in [1.807, 2.05) is 6.92 Å². The second-order valence-corrected chi connectivity index (χ2v) is 6.40. The molecule has 0 aliphatic carbocycles. The van der Waals surface area contributed by atoms with Crippen LogP contribution < -0.4 is 10.2 Å². The molecule has 2 rings (SSSR count). The summed E-state index contributed by atoms with van der Waals surface area (Å²) in [6, 6.07) is 6.54. The van der Waals surface area contributed by atoms with Gasteiger partial charge in [0.25, 0.3) is 0 Å². The van der Waals surface area contributed by atoms with Crippen LogP contribution in [0.1, 0.15) is 32.3 Å². The summed E-state index contributed by atoms with van der Waals surface area (Å²) < 4.78 is 1.14. The zero-order valence-corrected chi connectivity index (χ0v) is 13.3. The number of rotatable bonds is 4. The summed E-state index contributed by atoms with van der Waals surface area (Å²) in [5.41, 5.74) is 2.03. The first-order valence-corrected chi connectivity index (χ1v) is 7.77. The van der Waals surface area contributed by atoms with Gasteiger partial charge in [0.1, 0.15) is 0 Å². The second kappa shape index (κ2) is 6.25. The molecule has 19 heavy (non-hydrogen) atoms. The van der Waals surface area contributed by atoms with Crippen molar-refractivity contribution in [1.82, 2.24) is 5.32 Å². The van der Waals surface area contributed by atoms with E-state index in [0.717, 1.165) is 43.5 Å². The summed E-state index contributed by atoms with van der Waals surface area (Å²) in [6.45, 7) is 7.77. The van der Waals surface area contributed by atoms with Gasteiger partial charge in [-0.1, -0.05) is 13.0 Å². The highest BCUT2D eigenvalue weighted by atomic mass is 79.9. The average Bonchev–Trinajstić information content (AvgIpc) is 2.37. The van der Waals surface area contributed by atoms with E-state index in [1.165, 1.54) is 11.3 Å². The van der Waals surface area contributed by atoms with Crippen LogP contribution in [0.4, 0.5) is 5.69 Å². The first kappa shape index (κ1) is 14.8. The van der Waals surface area contributed by atoms with Crippen LogP contribution in [0.15, 0.2) is 22.7 Å². The van der Waals surface area contributed by atoms with Crippen LogP contribution in [0.2, 0.25) is 0 Å². The van der Waals surface area contributed by atoms with Crippen LogP contribution in [0.25, 0.3) is 0 Å². The normalized spacial score (nSPS) is 18.6. The fourth-order valence-electron chi connectivity index (χ4n) is 2.42. The Balaban J connectivity index is 2.05. The number of halogens is 1. The molecule has 1 heterocycles. The SMILES string of the molecule is CCNCc1ccc(N2CCC(C)(O)CC2)c(Br)c1. The van der Waals surface area contributed by atoms with Gasteiger partial charge in [0.05, 0.1) is 11.3 Å². The molecular weight excluding hydrogens is 304 g/mol. The Morgan fingerprint density at radius 3 is 2.63 bits per heavy atom. The molecular formula is C15H23BrN2O. The molecule has 106 valence electrons. The third kappa shape index (κ3) is 3.94. The van der Waals surface area contributed by atoms with Gasteiger partial charge < -0.3 is 15.3 Å². The van der Waals surface area contributed by atoms with Crippen molar-refractivity contribution in [1.29, 1.82) is 0 Å². The van der Waals surface area contributed by atoms with Crippen LogP contribution in [-0.2, 0) is 6.54 Å². The minimum absolute atomic E-state index is 0.492. The van der Waals surface area contributed by atoms with Crippen LogP contribution in [-0.4, -0.2) is 30.3 Å². The van der Waals surface area contributed by atoms with Crippen molar-refractivity contribution in [3.63, 3.8) is 0 Å². The maximum Gasteiger partial charge on any atom is 0.0653 e. The van der Waals surface area contributed by atoms with Crippen molar-refractivity contribution in [2.24, 2.45) is 0 Å². The molecule has 1 aliphatic heterocycles. The van der Waals surface area contributed by atoms with Crippen molar-refractivity contribution in [3.05, 3.63) is 28.2 Å². The highest BCUT2D eigenvalue weighted by Crippen LogP contribution is 2.31. The molecule has 4 heteroatoms. The minimum Gasteiger partial charge on any atom is -0.390 e. The molecule has 0 unspecified atom stereocenters. The topological polar surface area (TPSA) is 35.5 Å². The van der Waals surface area contributed by atoms with Crippen molar-refractivity contribution < 1.29 is 5.11 Å². The van der Waals surface area contributed by atoms with E-state index in [4.69, 9.17) is 0 Å². The van der Waals surface area contributed by atoms with E-state index >= 15 is 0 Å². The molecule has 0 atom stereocenters. The molecule has 1 aliphatic rings. The summed E-state index contributed by atoms with van der Waals surface area (Å²) in [4.78, 5) is 2.35. The maximum atomic E-state index is 10.0. The summed E-state index contributed by atoms with van der Waals surface area (Å²) in [5, 5.41) is 13.3. The molecule has 0 amide bonds. The predicted molar refractivity (Wildman–Crippen MR) is 83.6 cm³/mol. The van der Waals surface area contributed by atoms with Crippen molar-refractivity contribution in [2.45, 2.75) is 38.8 Å². The molecule has 0 aromatic heterocycles. The van der Waals surface area contributed by atoms with E-state index in [-0.39, 0.29) is 0 Å². The highest BCUT2D eigenvalue weighted by Gasteiger charge is 2.27. The number of benzene rings is 1. The van der Waals surface area contributed by atoms with E-state index in [9.17, 15) is 5.11 Å². The van der Waals surface area contributed by atoms with Gasteiger partial charge in [-0.15, -0.1) is 0 Å². The van der Waals surface area contributed by atoms with Crippen molar-refractivity contribution >= 4 is 21.6 Å². The lowest BCUT2D eigenvalue weighted by molar-refractivity contribution is 0.0351. The number of nitrogens with zero attached hydrogens (tertiary/aromatic N) is 1. The quantitative estimate of drug-likeness (QED) is 0.893. The molecule has 0 radical (unpaired) electrons. The van der Waals surface area contributed by atoms with Crippen molar-refractivity contribution in [3.8, 4) is 0 Å². The van der Waals surface area contributed by atoms with E-state index in [1.54, 1.807) is 0 Å². The van der Waals surface area contributed by atoms with Crippen LogP contribution in [0.5, 0.6) is 0 Å². The molecule has 1 aromatic rings. The fourth-order valence-corrected chi connectivity index (χ4v) is 3.09.